The molecule has 1 amide bonds. The maximum Gasteiger partial charge on any atom is 0.253 e. The van der Waals surface area contributed by atoms with Gasteiger partial charge in [0, 0.05) is 30.7 Å². The molecule has 1 aromatic heterocycles. The number of para-hydroxylation sites is 1. The number of aromatic nitrogens is 1. The highest BCUT2D eigenvalue weighted by molar-refractivity contribution is 5.97. The minimum Gasteiger partial charge on any atom is -0.348 e. The predicted octanol–water partition coefficient (Wildman–Crippen LogP) is 2.06. The van der Waals surface area contributed by atoms with Crippen LogP contribution in [0.15, 0.2) is 36.5 Å². The Hall–Kier alpha value is -1.94. The second-order valence-electron chi connectivity index (χ2n) is 6.24. The fraction of sp³-hybridized carbons (Fsp3) is 0.412. The van der Waals surface area contributed by atoms with Crippen LogP contribution in [-0.2, 0) is 0 Å². The van der Waals surface area contributed by atoms with E-state index < -0.39 is 0 Å². The molecule has 4 rings (SSSR count). The monoisotopic (exact) mass is 281 g/mol. The summed E-state index contributed by atoms with van der Waals surface area (Å²) in [6, 6.07) is 10.1. The summed E-state index contributed by atoms with van der Waals surface area (Å²) in [6.45, 7) is 3.39. The van der Waals surface area contributed by atoms with Gasteiger partial charge in [-0.1, -0.05) is 18.2 Å². The number of carbonyl (C=O) groups is 1. The number of nitrogens with one attached hydrogen (secondary N) is 1. The van der Waals surface area contributed by atoms with Crippen LogP contribution in [0.3, 0.4) is 0 Å². The largest absolute Gasteiger partial charge is 0.348 e. The molecular formula is C17H19N3O. The Morgan fingerprint density at radius 3 is 3.10 bits per heavy atom. The van der Waals surface area contributed by atoms with Crippen LogP contribution in [-0.4, -0.2) is 41.5 Å². The maximum absolute atomic E-state index is 12.4. The van der Waals surface area contributed by atoms with Crippen LogP contribution in [0.1, 0.15) is 23.2 Å². The summed E-state index contributed by atoms with van der Waals surface area (Å²) in [4.78, 5) is 19.2. The Kier molecular flexibility index (Phi) is 3.11. The van der Waals surface area contributed by atoms with Crippen molar-refractivity contribution in [1.82, 2.24) is 15.2 Å². The van der Waals surface area contributed by atoms with Gasteiger partial charge in [-0.05, 0) is 37.4 Å². The average Bonchev–Trinajstić information content (AvgIpc) is 2.85. The van der Waals surface area contributed by atoms with E-state index in [0.29, 0.717) is 5.56 Å². The van der Waals surface area contributed by atoms with E-state index in [-0.39, 0.29) is 11.9 Å². The first-order chi connectivity index (χ1) is 10.3. The van der Waals surface area contributed by atoms with Crippen molar-refractivity contribution in [2.45, 2.75) is 18.9 Å². The minimum atomic E-state index is 0.000697. The Morgan fingerprint density at radius 1 is 1.29 bits per heavy atom. The lowest BCUT2D eigenvalue weighted by molar-refractivity contribution is 0.0909. The number of carbonyl (C=O) groups excluding carboxylic acids is 1. The van der Waals surface area contributed by atoms with Crippen LogP contribution in [0.2, 0.25) is 0 Å². The molecule has 2 saturated heterocycles. The van der Waals surface area contributed by atoms with E-state index >= 15 is 0 Å². The van der Waals surface area contributed by atoms with Gasteiger partial charge in [-0.15, -0.1) is 0 Å². The molecule has 1 N–H and O–H groups in total. The number of fused-ring (bicyclic) bond motifs is 3. The molecule has 4 nitrogen and oxygen atoms in total. The van der Waals surface area contributed by atoms with Crippen LogP contribution in [0.25, 0.3) is 10.9 Å². The molecule has 2 aliphatic heterocycles. The molecule has 108 valence electrons. The Balaban J connectivity index is 1.50. The summed E-state index contributed by atoms with van der Waals surface area (Å²) in [5, 5.41) is 4.19. The molecule has 2 bridgehead atoms. The zero-order valence-corrected chi connectivity index (χ0v) is 12.0. The molecule has 21 heavy (non-hydrogen) atoms. The van der Waals surface area contributed by atoms with E-state index in [9.17, 15) is 4.79 Å². The van der Waals surface area contributed by atoms with E-state index in [0.717, 1.165) is 29.8 Å². The van der Waals surface area contributed by atoms with Crippen molar-refractivity contribution in [2.24, 2.45) is 5.92 Å². The molecule has 1 aromatic carbocycles. The zero-order chi connectivity index (χ0) is 14.2. The molecule has 2 aromatic rings. The van der Waals surface area contributed by atoms with Gasteiger partial charge in [0.15, 0.2) is 0 Å². The number of rotatable bonds is 2. The normalized spacial score (nSPS) is 27.7. The van der Waals surface area contributed by atoms with Gasteiger partial charge in [0.1, 0.15) is 0 Å². The van der Waals surface area contributed by atoms with Gasteiger partial charge in [0.05, 0.1) is 11.1 Å². The molecule has 4 heteroatoms. The van der Waals surface area contributed by atoms with E-state index in [4.69, 9.17) is 0 Å². The third-order valence-corrected chi connectivity index (χ3v) is 4.65. The third kappa shape index (κ3) is 2.51. The van der Waals surface area contributed by atoms with Gasteiger partial charge in [0.2, 0.25) is 0 Å². The summed E-state index contributed by atoms with van der Waals surface area (Å²) < 4.78 is 0. The van der Waals surface area contributed by atoms with Crippen molar-refractivity contribution in [3.05, 3.63) is 42.1 Å². The van der Waals surface area contributed by atoms with Gasteiger partial charge in [-0.2, -0.15) is 0 Å². The standard InChI is InChI=1S/C17H19N3O/c21-17(19-15-7-12-5-6-20(10-12)11-15)14-8-13-3-1-2-4-16(13)18-9-14/h1-4,8-9,12,15H,5-7,10-11H2,(H,19,21). The van der Waals surface area contributed by atoms with Crippen LogP contribution in [0.5, 0.6) is 0 Å². The molecule has 0 radical (unpaired) electrons. The van der Waals surface area contributed by atoms with Crippen molar-refractivity contribution in [3.63, 3.8) is 0 Å². The van der Waals surface area contributed by atoms with E-state index in [1.54, 1.807) is 6.20 Å². The second kappa shape index (κ2) is 5.11. The first-order valence-corrected chi connectivity index (χ1v) is 7.66. The Bertz CT molecular complexity index is 673. The second-order valence-corrected chi connectivity index (χ2v) is 6.24. The van der Waals surface area contributed by atoms with Crippen LogP contribution >= 0.6 is 0 Å². The van der Waals surface area contributed by atoms with Gasteiger partial charge < -0.3 is 10.2 Å². The van der Waals surface area contributed by atoms with Gasteiger partial charge in [0.25, 0.3) is 5.91 Å². The summed E-state index contributed by atoms with van der Waals surface area (Å²) in [5.41, 5.74) is 1.58. The molecule has 0 spiro atoms. The highest BCUT2D eigenvalue weighted by atomic mass is 16.1. The van der Waals surface area contributed by atoms with Crippen molar-refractivity contribution in [1.29, 1.82) is 0 Å². The number of hydrogen-bond donors (Lipinski definition) is 1. The quantitative estimate of drug-likeness (QED) is 0.916. The first-order valence-electron chi connectivity index (χ1n) is 7.66. The summed E-state index contributed by atoms with van der Waals surface area (Å²) in [6.07, 6.45) is 4.07. The van der Waals surface area contributed by atoms with Gasteiger partial charge >= 0.3 is 0 Å². The van der Waals surface area contributed by atoms with Gasteiger partial charge in [-0.3, -0.25) is 9.78 Å². The van der Waals surface area contributed by atoms with E-state index in [1.807, 2.05) is 30.3 Å². The van der Waals surface area contributed by atoms with Crippen molar-refractivity contribution < 1.29 is 4.79 Å². The van der Waals surface area contributed by atoms with Gasteiger partial charge in [-0.25, -0.2) is 0 Å². The molecule has 2 fully saturated rings. The fourth-order valence-electron chi connectivity index (χ4n) is 3.63. The lowest BCUT2D eigenvalue weighted by atomic mass is 9.96. The molecule has 0 saturated carbocycles. The minimum absolute atomic E-state index is 0.000697. The molecule has 0 aliphatic carbocycles. The average molecular weight is 281 g/mol. The molecule has 2 aliphatic rings. The van der Waals surface area contributed by atoms with E-state index in [1.165, 1.54) is 19.5 Å². The third-order valence-electron chi connectivity index (χ3n) is 4.65. The molecule has 3 atom stereocenters. The Morgan fingerprint density at radius 2 is 2.19 bits per heavy atom. The van der Waals surface area contributed by atoms with Crippen molar-refractivity contribution >= 4 is 16.8 Å². The number of amides is 1. The first kappa shape index (κ1) is 12.8. The van der Waals surface area contributed by atoms with Crippen LogP contribution in [0.4, 0.5) is 0 Å². The predicted molar refractivity (Wildman–Crippen MR) is 82.2 cm³/mol. The van der Waals surface area contributed by atoms with Crippen LogP contribution in [0, 0.1) is 5.92 Å². The van der Waals surface area contributed by atoms with Crippen molar-refractivity contribution in [2.75, 3.05) is 19.6 Å². The number of piperidine rings is 1. The SMILES string of the molecule is O=C(NC1CC2CCN(C2)C1)c1cnc2ccccc2c1. The number of pyridine rings is 1. The molecular weight excluding hydrogens is 262 g/mol. The number of nitrogens with zero attached hydrogens (tertiary/aromatic N) is 2. The fourth-order valence-corrected chi connectivity index (χ4v) is 3.63. The van der Waals surface area contributed by atoms with Crippen molar-refractivity contribution in [3.8, 4) is 0 Å². The lowest BCUT2D eigenvalue weighted by Crippen LogP contribution is -2.47. The summed E-state index contributed by atoms with van der Waals surface area (Å²) in [5.74, 6) is 0.763. The smallest absolute Gasteiger partial charge is 0.253 e. The zero-order valence-electron chi connectivity index (χ0n) is 12.0. The topological polar surface area (TPSA) is 45.2 Å². The highest BCUT2D eigenvalue weighted by Gasteiger charge is 2.32. The molecule has 3 heterocycles. The number of benzene rings is 1. The summed E-state index contributed by atoms with van der Waals surface area (Å²) >= 11 is 0. The lowest BCUT2D eigenvalue weighted by Gasteiger charge is -2.30. The molecule has 3 unspecified atom stereocenters. The maximum atomic E-state index is 12.4. The summed E-state index contributed by atoms with van der Waals surface area (Å²) in [7, 11) is 0. The Labute approximate surface area is 124 Å². The van der Waals surface area contributed by atoms with Crippen LogP contribution < -0.4 is 5.32 Å². The number of hydrogen-bond acceptors (Lipinski definition) is 3. The van der Waals surface area contributed by atoms with E-state index in [2.05, 4.69) is 15.2 Å². The highest BCUT2D eigenvalue weighted by Crippen LogP contribution is 2.26.